The molecule has 1 saturated carbocycles. The van der Waals surface area contributed by atoms with Crippen molar-refractivity contribution in [3.8, 4) is 0 Å². The molecule has 2 fully saturated rings. The maximum atomic E-state index is 11.9. The Morgan fingerprint density at radius 3 is 2.11 bits per heavy atom. The summed E-state index contributed by atoms with van der Waals surface area (Å²) in [6.45, 7) is 1.90. The van der Waals surface area contributed by atoms with Crippen LogP contribution in [0.5, 0.6) is 0 Å². The van der Waals surface area contributed by atoms with Gasteiger partial charge in [0, 0.05) is 32.1 Å². The van der Waals surface area contributed by atoms with E-state index in [0.29, 0.717) is 26.2 Å². The lowest BCUT2D eigenvalue weighted by atomic mass is 10.1. The summed E-state index contributed by atoms with van der Waals surface area (Å²) >= 11 is 0. The second-order valence-electron chi connectivity index (χ2n) is 5.13. The van der Waals surface area contributed by atoms with Gasteiger partial charge in [-0.2, -0.15) is 0 Å². The molecular weight excluding hydrogens is 250 g/mol. The van der Waals surface area contributed by atoms with Gasteiger partial charge in [0.05, 0.1) is 12.5 Å². The summed E-state index contributed by atoms with van der Waals surface area (Å²) < 4.78 is 0. The van der Waals surface area contributed by atoms with E-state index in [1.807, 2.05) is 0 Å². The van der Waals surface area contributed by atoms with Crippen molar-refractivity contribution in [1.29, 1.82) is 0 Å². The second kappa shape index (κ2) is 5.56. The number of rotatable bonds is 4. The molecule has 1 aliphatic heterocycles. The first-order chi connectivity index (χ1) is 8.99. The van der Waals surface area contributed by atoms with Crippen LogP contribution < -0.4 is 5.73 Å². The van der Waals surface area contributed by atoms with E-state index in [1.165, 1.54) is 0 Å². The summed E-state index contributed by atoms with van der Waals surface area (Å²) in [5.74, 6) is -1.05. The predicted molar refractivity (Wildman–Crippen MR) is 66.1 cm³/mol. The van der Waals surface area contributed by atoms with Gasteiger partial charge in [-0.15, -0.1) is 0 Å². The molecule has 0 spiro atoms. The average molecular weight is 269 g/mol. The minimum atomic E-state index is -1.08. The molecule has 0 radical (unpaired) electrons. The maximum Gasteiger partial charge on any atom is 0.305 e. The van der Waals surface area contributed by atoms with Crippen LogP contribution in [0.2, 0.25) is 0 Å². The number of hydrogen-bond donors (Lipinski definition) is 2. The van der Waals surface area contributed by atoms with Crippen molar-refractivity contribution in [2.24, 2.45) is 11.7 Å². The van der Waals surface area contributed by atoms with E-state index in [1.54, 1.807) is 9.80 Å². The minimum absolute atomic E-state index is 0.182. The summed E-state index contributed by atoms with van der Waals surface area (Å²) in [6, 6.07) is -0.997. The smallest absolute Gasteiger partial charge is 0.305 e. The first kappa shape index (κ1) is 13.8. The molecular formula is C12H19N3O4. The number of piperazine rings is 1. The van der Waals surface area contributed by atoms with Crippen LogP contribution in [0.15, 0.2) is 0 Å². The Morgan fingerprint density at radius 2 is 1.63 bits per heavy atom. The van der Waals surface area contributed by atoms with E-state index < -0.39 is 12.0 Å². The average Bonchev–Trinajstić information content (AvgIpc) is 3.20. The van der Waals surface area contributed by atoms with Crippen LogP contribution in [-0.4, -0.2) is 64.9 Å². The number of carbonyl (C=O) groups is 3. The lowest BCUT2D eigenvalue weighted by Gasteiger charge is -2.35. The molecule has 0 aromatic rings. The molecule has 1 unspecified atom stereocenters. The van der Waals surface area contributed by atoms with Crippen molar-refractivity contribution in [2.45, 2.75) is 25.3 Å². The molecule has 1 atom stereocenters. The summed E-state index contributed by atoms with van der Waals surface area (Å²) in [7, 11) is 0. The molecule has 7 heteroatoms. The molecule has 3 N–H and O–H groups in total. The van der Waals surface area contributed by atoms with Crippen molar-refractivity contribution >= 4 is 17.8 Å². The van der Waals surface area contributed by atoms with Crippen molar-refractivity contribution in [3.63, 3.8) is 0 Å². The Kier molecular flexibility index (Phi) is 4.04. The highest BCUT2D eigenvalue weighted by atomic mass is 16.4. The first-order valence-electron chi connectivity index (χ1n) is 6.54. The molecule has 7 nitrogen and oxygen atoms in total. The molecule has 2 aliphatic rings. The Hall–Kier alpha value is -1.63. The summed E-state index contributed by atoms with van der Waals surface area (Å²) in [5, 5.41) is 8.61. The Balaban J connectivity index is 1.80. The maximum absolute atomic E-state index is 11.9. The van der Waals surface area contributed by atoms with Crippen molar-refractivity contribution in [3.05, 3.63) is 0 Å². The second-order valence-corrected chi connectivity index (χ2v) is 5.13. The highest BCUT2D eigenvalue weighted by Gasteiger charge is 2.35. The fourth-order valence-corrected chi connectivity index (χ4v) is 2.25. The molecule has 19 heavy (non-hydrogen) atoms. The van der Waals surface area contributed by atoms with Crippen LogP contribution in [0.4, 0.5) is 0 Å². The number of nitrogens with two attached hydrogens (primary N) is 1. The quantitative estimate of drug-likeness (QED) is 0.672. The fraction of sp³-hybridized carbons (Fsp3) is 0.750. The third-order valence-corrected chi connectivity index (χ3v) is 3.54. The van der Waals surface area contributed by atoms with Gasteiger partial charge in [-0.1, -0.05) is 0 Å². The van der Waals surface area contributed by atoms with Gasteiger partial charge in [-0.05, 0) is 12.8 Å². The van der Waals surface area contributed by atoms with E-state index in [9.17, 15) is 14.4 Å². The minimum Gasteiger partial charge on any atom is -0.481 e. The Labute approximate surface area is 111 Å². The van der Waals surface area contributed by atoms with Gasteiger partial charge in [0.15, 0.2) is 0 Å². The van der Waals surface area contributed by atoms with Gasteiger partial charge < -0.3 is 20.6 Å². The van der Waals surface area contributed by atoms with Crippen LogP contribution in [-0.2, 0) is 14.4 Å². The normalized spacial score (nSPS) is 21.1. The van der Waals surface area contributed by atoms with E-state index in [4.69, 9.17) is 10.8 Å². The van der Waals surface area contributed by atoms with Crippen LogP contribution in [0.3, 0.4) is 0 Å². The molecule has 0 aromatic heterocycles. The number of carbonyl (C=O) groups excluding carboxylic acids is 2. The molecule has 1 aliphatic carbocycles. The standard InChI is InChI=1S/C12H19N3O4/c13-9(7-10(16)17)12(19)15-5-3-14(4-6-15)11(18)8-1-2-8/h8-9H,1-7,13H2,(H,16,17). The number of carboxylic acids is 1. The SMILES string of the molecule is NC(CC(=O)O)C(=O)N1CCN(C(=O)C2CC2)CC1. The van der Waals surface area contributed by atoms with Crippen molar-refractivity contribution in [2.75, 3.05) is 26.2 Å². The fourth-order valence-electron chi connectivity index (χ4n) is 2.25. The van der Waals surface area contributed by atoms with Crippen LogP contribution in [0, 0.1) is 5.92 Å². The van der Waals surface area contributed by atoms with Crippen molar-refractivity contribution in [1.82, 2.24) is 9.80 Å². The first-order valence-corrected chi connectivity index (χ1v) is 6.54. The lowest BCUT2D eigenvalue weighted by molar-refractivity contribution is -0.144. The number of carboxylic acid groups (broad SMARTS) is 1. The topological polar surface area (TPSA) is 104 Å². The van der Waals surface area contributed by atoms with E-state index in [-0.39, 0.29) is 24.2 Å². The molecule has 0 aromatic carbocycles. The zero-order valence-electron chi connectivity index (χ0n) is 10.7. The summed E-state index contributed by atoms with van der Waals surface area (Å²) in [6.07, 6.45) is 1.59. The molecule has 2 amide bonds. The summed E-state index contributed by atoms with van der Waals surface area (Å²) in [4.78, 5) is 37.6. The van der Waals surface area contributed by atoms with Crippen molar-refractivity contribution < 1.29 is 19.5 Å². The van der Waals surface area contributed by atoms with Gasteiger partial charge in [-0.3, -0.25) is 14.4 Å². The van der Waals surface area contributed by atoms with Crippen LogP contribution in [0.25, 0.3) is 0 Å². The predicted octanol–water partition coefficient (Wildman–Crippen LogP) is -1.13. The van der Waals surface area contributed by atoms with Gasteiger partial charge in [-0.25, -0.2) is 0 Å². The molecule has 1 saturated heterocycles. The highest BCUT2D eigenvalue weighted by molar-refractivity contribution is 5.86. The number of hydrogen-bond acceptors (Lipinski definition) is 4. The summed E-state index contributed by atoms with van der Waals surface area (Å²) in [5.41, 5.74) is 5.55. The largest absolute Gasteiger partial charge is 0.481 e. The van der Waals surface area contributed by atoms with Crippen LogP contribution >= 0.6 is 0 Å². The molecule has 1 heterocycles. The highest BCUT2D eigenvalue weighted by Crippen LogP contribution is 2.31. The van der Waals surface area contributed by atoms with Gasteiger partial charge in [0.25, 0.3) is 0 Å². The molecule has 0 bridgehead atoms. The third-order valence-electron chi connectivity index (χ3n) is 3.54. The number of aliphatic carboxylic acids is 1. The van der Waals surface area contributed by atoms with Gasteiger partial charge in [0.1, 0.15) is 0 Å². The Bertz CT molecular complexity index is 386. The number of nitrogens with zero attached hydrogens (tertiary/aromatic N) is 2. The van der Waals surface area contributed by atoms with E-state index >= 15 is 0 Å². The van der Waals surface area contributed by atoms with Crippen LogP contribution in [0.1, 0.15) is 19.3 Å². The van der Waals surface area contributed by atoms with Gasteiger partial charge >= 0.3 is 5.97 Å². The molecule has 2 rings (SSSR count). The van der Waals surface area contributed by atoms with E-state index in [2.05, 4.69) is 0 Å². The Morgan fingerprint density at radius 1 is 1.11 bits per heavy atom. The lowest BCUT2D eigenvalue weighted by Crippen LogP contribution is -2.54. The third kappa shape index (κ3) is 3.44. The molecule has 106 valence electrons. The number of amides is 2. The van der Waals surface area contributed by atoms with E-state index in [0.717, 1.165) is 12.8 Å². The van der Waals surface area contributed by atoms with Gasteiger partial charge in [0.2, 0.25) is 11.8 Å². The zero-order valence-corrected chi connectivity index (χ0v) is 10.7. The zero-order chi connectivity index (χ0) is 14.0. The monoisotopic (exact) mass is 269 g/mol.